The van der Waals surface area contributed by atoms with Crippen molar-refractivity contribution >= 4 is 29.1 Å². The molecule has 6 atom stereocenters. The minimum Gasteiger partial charge on any atom is -0.459 e. The van der Waals surface area contributed by atoms with Gasteiger partial charge in [-0.1, -0.05) is 24.6 Å². The van der Waals surface area contributed by atoms with Crippen molar-refractivity contribution in [2.75, 3.05) is 5.88 Å². The van der Waals surface area contributed by atoms with E-state index in [-0.39, 0.29) is 29.8 Å². The molecule has 0 aromatic rings. The molecule has 0 amide bonds. The maximum atomic E-state index is 17.3. The number of ether oxygens (including phenoxy) is 1. The summed E-state index contributed by atoms with van der Waals surface area (Å²) in [5.74, 6) is -1.42. The number of esters is 1. The fourth-order valence-corrected chi connectivity index (χ4v) is 6.72. The van der Waals surface area contributed by atoms with Gasteiger partial charge in [0.1, 0.15) is 6.10 Å². The molecule has 1 unspecified atom stereocenters. The molecule has 0 heterocycles. The molecule has 2 saturated carbocycles. The number of carbonyl (C=O) groups is 3. The third-order valence-electron chi connectivity index (χ3n) is 7.93. The fraction of sp³-hybridized carbons (Fsp3) is 0.609. The topological polar surface area (TPSA) is 60.4 Å². The summed E-state index contributed by atoms with van der Waals surface area (Å²) in [6.07, 6.45) is 7.49. The Bertz CT molecular complexity index is 889. The van der Waals surface area contributed by atoms with Crippen LogP contribution < -0.4 is 0 Å². The van der Waals surface area contributed by atoms with E-state index < -0.39 is 34.5 Å². The van der Waals surface area contributed by atoms with Crippen LogP contribution in [0.15, 0.2) is 35.5 Å². The van der Waals surface area contributed by atoms with E-state index in [0.29, 0.717) is 24.8 Å². The first-order chi connectivity index (χ1) is 13.6. The second-order valence-corrected chi connectivity index (χ2v) is 9.52. The molecule has 0 aliphatic heterocycles. The highest BCUT2D eigenvalue weighted by atomic mass is 35.5. The first-order valence-electron chi connectivity index (χ1n) is 10.2. The zero-order valence-electron chi connectivity index (χ0n) is 17.0. The van der Waals surface area contributed by atoms with Gasteiger partial charge in [-0.15, -0.1) is 11.6 Å². The molecular formula is C23H26ClFO4. The number of hydrogen-bond donors (Lipinski definition) is 0. The minimum absolute atomic E-state index is 0.0779. The van der Waals surface area contributed by atoms with Crippen LogP contribution in [0.3, 0.4) is 0 Å². The normalized spacial score (nSPS) is 42.9. The summed E-state index contributed by atoms with van der Waals surface area (Å²) in [7, 11) is 0. The highest BCUT2D eigenvalue weighted by Crippen LogP contribution is 2.68. The molecule has 0 N–H and O–H groups in total. The highest BCUT2D eigenvalue weighted by molar-refractivity contribution is 6.30. The Morgan fingerprint density at radius 1 is 1.31 bits per heavy atom. The van der Waals surface area contributed by atoms with Crippen molar-refractivity contribution < 1.29 is 23.5 Å². The van der Waals surface area contributed by atoms with Crippen LogP contribution in [0, 0.1) is 22.7 Å². The van der Waals surface area contributed by atoms with Crippen molar-refractivity contribution in [3.63, 3.8) is 0 Å². The highest BCUT2D eigenvalue weighted by Gasteiger charge is 2.71. The number of ketones is 2. The first-order valence-corrected chi connectivity index (χ1v) is 10.7. The molecule has 0 aromatic carbocycles. The molecule has 4 rings (SSSR count). The molecule has 0 saturated heterocycles. The number of rotatable bonds is 3. The molecule has 0 aromatic heterocycles. The monoisotopic (exact) mass is 420 g/mol. The number of fused-ring (bicyclic) bond motifs is 5. The molecule has 0 radical (unpaired) electrons. The zero-order chi connectivity index (χ0) is 21.2. The van der Waals surface area contributed by atoms with E-state index in [1.807, 2.05) is 13.0 Å². The van der Waals surface area contributed by atoms with Gasteiger partial charge in [-0.3, -0.25) is 14.4 Å². The summed E-state index contributed by atoms with van der Waals surface area (Å²) in [4.78, 5) is 36.4. The smallest absolute Gasteiger partial charge is 0.303 e. The van der Waals surface area contributed by atoms with Crippen molar-refractivity contribution in [2.24, 2.45) is 22.7 Å². The Hall–Kier alpha value is -1.75. The summed E-state index contributed by atoms with van der Waals surface area (Å²) < 4.78 is 22.9. The Kier molecular flexibility index (Phi) is 4.69. The lowest BCUT2D eigenvalue weighted by atomic mass is 9.45. The van der Waals surface area contributed by atoms with E-state index in [1.54, 1.807) is 13.0 Å². The van der Waals surface area contributed by atoms with Gasteiger partial charge in [0.25, 0.3) is 0 Å². The van der Waals surface area contributed by atoms with Gasteiger partial charge < -0.3 is 4.74 Å². The van der Waals surface area contributed by atoms with Crippen LogP contribution in [0.4, 0.5) is 4.39 Å². The van der Waals surface area contributed by atoms with Crippen molar-refractivity contribution in [3.05, 3.63) is 35.5 Å². The summed E-state index contributed by atoms with van der Waals surface area (Å²) in [6.45, 7) is 5.06. The summed E-state index contributed by atoms with van der Waals surface area (Å²) in [6, 6.07) is 0. The zero-order valence-corrected chi connectivity index (χ0v) is 17.7. The van der Waals surface area contributed by atoms with Gasteiger partial charge in [0.2, 0.25) is 0 Å². The Labute approximate surface area is 175 Å². The summed E-state index contributed by atoms with van der Waals surface area (Å²) in [5, 5.41) is 0. The van der Waals surface area contributed by atoms with Gasteiger partial charge in [-0.25, -0.2) is 4.39 Å². The molecule has 0 spiro atoms. The number of carbonyl (C=O) groups excluding carboxylic acids is 3. The lowest BCUT2D eigenvalue weighted by Crippen LogP contribution is -2.67. The van der Waals surface area contributed by atoms with E-state index in [9.17, 15) is 14.4 Å². The van der Waals surface area contributed by atoms with Crippen LogP contribution in [0.25, 0.3) is 0 Å². The van der Waals surface area contributed by atoms with Gasteiger partial charge in [0.15, 0.2) is 17.2 Å². The lowest BCUT2D eigenvalue weighted by Gasteiger charge is -2.62. The van der Waals surface area contributed by atoms with E-state index in [1.165, 1.54) is 19.1 Å². The van der Waals surface area contributed by atoms with Gasteiger partial charge in [0, 0.05) is 23.7 Å². The molecular weight excluding hydrogens is 395 g/mol. The predicted molar refractivity (Wildman–Crippen MR) is 107 cm³/mol. The van der Waals surface area contributed by atoms with Crippen LogP contribution >= 0.6 is 11.6 Å². The SMILES string of the molecule is CC(=O)O[C@H]1C[C@]2(C)C(C(=O)CCl)=CC[C@H]2[C@@H]2CCC3=CC(=O)C=C[C@]3(C)C12F. The maximum absolute atomic E-state index is 17.3. The second-order valence-electron chi connectivity index (χ2n) is 9.26. The minimum atomic E-state index is -1.85. The largest absolute Gasteiger partial charge is 0.459 e. The van der Waals surface area contributed by atoms with Crippen LogP contribution in [-0.2, 0) is 19.1 Å². The molecule has 0 bridgehead atoms. The molecule has 2 fully saturated rings. The third-order valence-corrected chi connectivity index (χ3v) is 8.17. The molecule has 4 aliphatic rings. The van der Waals surface area contributed by atoms with Gasteiger partial charge >= 0.3 is 5.97 Å². The van der Waals surface area contributed by atoms with Crippen LogP contribution in [-0.4, -0.2) is 35.2 Å². The molecule has 156 valence electrons. The van der Waals surface area contributed by atoms with E-state index >= 15 is 4.39 Å². The molecule has 6 heteroatoms. The van der Waals surface area contributed by atoms with Gasteiger partial charge in [-0.05, 0) is 56.3 Å². The Morgan fingerprint density at radius 2 is 2.03 bits per heavy atom. The first kappa shape index (κ1) is 20.5. The quantitative estimate of drug-likeness (QED) is 0.505. The Balaban J connectivity index is 1.84. The molecule has 29 heavy (non-hydrogen) atoms. The lowest BCUT2D eigenvalue weighted by molar-refractivity contribution is -0.206. The maximum Gasteiger partial charge on any atom is 0.303 e. The van der Waals surface area contributed by atoms with E-state index in [2.05, 4.69) is 0 Å². The summed E-state index contributed by atoms with van der Waals surface area (Å²) in [5.41, 5.74) is -2.06. The molecule has 4 nitrogen and oxygen atoms in total. The molecule has 4 aliphatic carbocycles. The average molecular weight is 421 g/mol. The fourth-order valence-electron chi connectivity index (χ4n) is 6.58. The predicted octanol–water partition coefficient (Wildman–Crippen LogP) is 4.27. The van der Waals surface area contributed by atoms with Crippen LogP contribution in [0.5, 0.6) is 0 Å². The number of hydrogen-bond acceptors (Lipinski definition) is 4. The van der Waals surface area contributed by atoms with E-state index in [0.717, 1.165) is 5.57 Å². The number of allylic oxidation sites excluding steroid dienone is 6. The van der Waals surface area contributed by atoms with Crippen molar-refractivity contribution in [1.29, 1.82) is 0 Å². The van der Waals surface area contributed by atoms with Gasteiger partial charge in [0.05, 0.1) is 5.88 Å². The van der Waals surface area contributed by atoms with E-state index in [4.69, 9.17) is 16.3 Å². The second kappa shape index (κ2) is 6.63. The van der Waals surface area contributed by atoms with Gasteiger partial charge in [-0.2, -0.15) is 0 Å². The standard InChI is InChI=1S/C23H26ClFO4/c1-13(26)29-20-11-21(2)16(6-7-18(21)19(28)12-24)17-5-4-14-10-15(27)8-9-22(14,3)23(17,20)25/h7-10,16-17,20H,4-6,11-12H2,1-3H3/t16-,17-,20-,21-,22-,23?/m0/s1. The van der Waals surface area contributed by atoms with Crippen LogP contribution in [0.2, 0.25) is 0 Å². The number of halogens is 2. The van der Waals surface area contributed by atoms with Crippen molar-refractivity contribution in [2.45, 2.75) is 58.2 Å². The van der Waals surface area contributed by atoms with Crippen molar-refractivity contribution in [1.82, 2.24) is 0 Å². The van der Waals surface area contributed by atoms with Crippen molar-refractivity contribution in [3.8, 4) is 0 Å². The number of Topliss-reactive ketones (excluding diaryl/α,β-unsaturated/α-hetero) is 1. The third kappa shape index (κ3) is 2.66. The Morgan fingerprint density at radius 3 is 2.69 bits per heavy atom. The summed E-state index contributed by atoms with van der Waals surface area (Å²) >= 11 is 5.84. The number of alkyl halides is 2. The average Bonchev–Trinajstić information content (AvgIpc) is 2.99. The van der Waals surface area contributed by atoms with Crippen LogP contribution in [0.1, 0.15) is 46.5 Å².